The Kier molecular flexibility index (Phi) is 3.33. The summed E-state index contributed by atoms with van der Waals surface area (Å²) in [4.78, 5) is 6.53. The van der Waals surface area contributed by atoms with E-state index in [1.807, 2.05) is 12.3 Å². The molecule has 0 unspecified atom stereocenters. The minimum absolute atomic E-state index is 0.480. The number of anilines is 1. The van der Waals surface area contributed by atoms with Crippen LogP contribution in [0.15, 0.2) is 18.3 Å². The molecule has 0 bridgehead atoms. The lowest BCUT2D eigenvalue weighted by molar-refractivity contribution is 0.301. The van der Waals surface area contributed by atoms with Crippen LogP contribution in [0, 0.1) is 16.7 Å². The Labute approximate surface area is 103 Å². The second-order valence-electron chi connectivity index (χ2n) is 4.89. The Morgan fingerprint density at radius 3 is 2.65 bits per heavy atom. The topological polar surface area (TPSA) is 39.9 Å². The third-order valence-corrected chi connectivity index (χ3v) is 4.17. The highest BCUT2D eigenvalue weighted by atomic mass is 15.2. The van der Waals surface area contributed by atoms with E-state index in [-0.39, 0.29) is 0 Å². The summed E-state index contributed by atoms with van der Waals surface area (Å²) in [7, 11) is 0. The maximum atomic E-state index is 8.73. The number of nitriles is 1. The van der Waals surface area contributed by atoms with Crippen LogP contribution < -0.4 is 4.90 Å². The van der Waals surface area contributed by atoms with Crippen molar-refractivity contribution in [1.29, 1.82) is 5.26 Å². The molecule has 1 aliphatic rings. The molecule has 1 aliphatic heterocycles. The molecule has 1 saturated heterocycles. The van der Waals surface area contributed by atoms with Crippen molar-refractivity contribution in [3.05, 3.63) is 24.0 Å². The predicted molar refractivity (Wildman–Crippen MR) is 68.8 cm³/mol. The first-order valence-electron chi connectivity index (χ1n) is 6.34. The van der Waals surface area contributed by atoms with Gasteiger partial charge < -0.3 is 4.90 Å². The van der Waals surface area contributed by atoms with Gasteiger partial charge in [-0.1, -0.05) is 13.8 Å². The first kappa shape index (κ1) is 11.9. The highest BCUT2D eigenvalue weighted by Gasteiger charge is 2.34. The number of hydrogen-bond acceptors (Lipinski definition) is 3. The molecular weight excluding hydrogens is 210 g/mol. The van der Waals surface area contributed by atoms with Gasteiger partial charge in [0.1, 0.15) is 11.8 Å². The van der Waals surface area contributed by atoms with Crippen LogP contribution in [-0.4, -0.2) is 18.1 Å². The quantitative estimate of drug-likeness (QED) is 0.800. The second kappa shape index (κ2) is 4.75. The summed E-state index contributed by atoms with van der Waals surface area (Å²) in [5, 5.41) is 8.73. The third kappa shape index (κ3) is 2.26. The fourth-order valence-electron chi connectivity index (χ4n) is 2.62. The number of nitrogens with zero attached hydrogens (tertiary/aromatic N) is 3. The summed E-state index contributed by atoms with van der Waals surface area (Å²) in [5.74, 6) is 0. The standard InChI is InChI=1S/C14H19N3/c1-3-14(4-2)7-8-17(11-14)13-6-5-12(9-15)16-10-13/h5-6,10H,3-4,7-8,11H2,1-2H3. The number of hydrogen-bond donors (Lipinski definition) is 0. The maximum Gasteiger partial charge on any atom is 0.140 e. The van der Waals surface area contributed by atoms with Crippen LogP contribution in [0.4, 0.5) is 5.69 Å². The van der Waals surface area contributed by atoms with Gasteiger partial charge in [-0.05, 0) is 36.8 Å². The van der Waals surface area contributed by atoms with Crippen LogP contribution in [0.3, 0.4) is 0 Å². The lowest BCUT2D eigenvalue weighted by Gasteiger charge is -2.27. The number of pyridine rings is 1. The number of rotatable bonds is 3. The predicted octanol–water partition coefficient (Wildman–Crippen LogP) is 2.97. The van der Waals surface area contributed by atoms with E-state index >= 15 is 0 Å². The summed E-state index contributed by atoms with van der Waals surface area (Å²) in [6, 6.07) is 5.86. The Morgan fingerprint density at radius 2 is 2.18 bits per heavy atom. The van der Waals surface area contributed by atoms with Crippen molar-refractivity contribution >= 4 is 5.69 Å². The van der Waals surface area contributed by atoms with E-state index in [9.17, 15) is 0 Å². The summed E-state index contributed by atoms with van der Waals surface area (Å²) < 4.78 is 0. The largest absolute Gasteiger partial charge is 0.370 e. The zero-order chi connectivity index (χ0) is 12.3. The molecule has 90 valence electrons. The van der Waals surface area contributed by atoms with Gasteiger partial charge in [0, 0.05) is 13.1 Å². The van der Waals surface area contributed by atoms with Crippen LogP contribution in [0.2, 0.25) is 0 Å². The molecule has 0 aromatic carbocycles. The molecule has 0 amide bonds. The van der Waals surface area contributed by atoms with Crippen molar-refractivity contribution in [2.45, 2.75) is 33.1 Å². The molecule has 0 spiro atoms. The Hall–Kier alpha value is -1.56. The van der Waals surface area contributed by atoms with Gasteiger partial charge >= 0.3 is 0 Å². The van der Waals surface area contributed by atoms with Crippen molar-refractivity contribution in [3.63, 3.8) is 0 Å². The van der Waals surface area contributed by atoms with Crippen molar-refractivity contribution in [3.8, 4) is 6.07 Å². The van der Waals surface area contributed by atoms with E-state index in [2.05, 4.69) is 29.8 Å². The zero-order valence-electron chi connectivity index (χ0n) is 10.6. The van der Waals surface area contributed by atoms with Gasteiger partial charge in [0.05, 0.1) is 11.9 Å². The Balaban J connectivity index is 2.12. The van der Waals surface area contributed by atoms with E-state index in [1.165, 1.54) is 19.3 Å². The monoisotopic (exact) mass is 229 g/mol. The molecule has 3 nitrogen and oxygen atoms in total. The van der Waals surface area contributed by atoms with Crippen molar-refractivity contribution < 1.29 is 0 Å². The lowest BCUT2D eigenvalue weighted by atomic mass is 9.82. The zero-order valence-corrected chi connectivity index (χ0v) is 10.6. The van der Waals surface area contributed by atoms with Crippen LogP contribution in [0.1, 0.15) is 38.8 Å². The van der Waals surface area contributed by atoms with Gasteiger partial charge in [0.15, 0.2) is 0 Å². The van der Waals surface area contributed by atoms with Crippen LogP contribution in [-0.2, 0) is 0 Å². The molecule has 0 saturated carbocycles. The molecule has 1 aromatic heterocycles. The SMILES string of the molecule is CCC1(CC)CCN(c2ccc(C#N)nc2)C1. The summed E-state index contributed by atoms with van der Waals surface area (Å²) >= 11 is 0. The summed E-state index contributed by atoms with van der Waals surface area (Å²) in [6.07, 6.45) is 5.56. The van der Waals surface area contributed by atoms with Crippen molar-refractivity contribution in [2.75, 3.05) is 18.0 Å². The Bertz CT molecular complexity index is 412. The van der Waals surface area contributed by atoms with Crippen LogP contribution in [0.5, 0.6) is 0 Å². The molecule has 17 heavy (non-hydrogen) atoms. The van der Waals surface area contributed by atoms with Crippen molar-refractivity contribution in [1.82, 2.24) is 4.98 Å². The lowest BCUT2D eigenvalue weighted by Crippen LogP contribution is -2.26. The molecule has 2 heterocycles. The van der Waals surface area contributed by atoms with Gasteiger partial charge in [-0.15, -0.1) is 0 Å². The highest BCUT2D eigenvalue weighted by molar-refractivity contribution is 5.47. The van der Waals surface area contributed by atoms with E-state index in [0.717, 1.165) is 18.8 Å². The van der Waals surface area contributed by atoms with Crippen molar-refractivity contribution in [2.24, 2.45) is 5.41 Å². The molecule has 1 aromatic rings. The van der Waals surface area contributed by atoms with Gasteiger partial charge in [-0.3, -0.25) is 0 Å². The summed E-state index contributed by atoms with van der Waals surface area (Å²) in [6.45, 7) is 6.79. The van der Waals surface area contributed by atoms with E-state index < -0.39 is 0 Å². The minimum atomic E-state index is 0.480. The van der Waals surface area contributed by atoms with E-state index in [4.69, 9.17) is 5.26 Å². The van der Waals surface area contributed by atoms with Gasteiger partial charge in [-0.25, -0.2) is 4.98 Å². The molecule has 0 atom stereocenters. The molecular formula is C14H19N3. The van der Waals surface area contributed by atoms with Crippen LogP contribution in [0.25, 0.3) is 0 Å². The minimum Gasteiger partial charge on any atom is -0.370 e. The van der Waals surface area contributed by atoms with Gasteiger partial charge in [0.25, 0.3) is 0 Å². The highest BCUT2D eigenvalue weighted by Crippen LogP contribution is 2.38. The van der Waals surface area contributed by atoms with Crippen LogP contribution >= 0.6 is 0 Å². The summed E-state index contributed by atoms with van der Waals surface area (Å²) in [5.41, 5.74) is 2.12. The Morgan fingerprint density at radius 1 is 1.41 bits per heavy atom. The van der Waals surface area contributed by atoms with E-state index in [1.54, 1.807) is 6.07 Å². The molecule has 0 aliphatic carbocycles. The van der Waals surface area contributed by atoms with Gasteiger partial charge in [0.2, 0.25) is 0 Å². The third-order valence-electron chi connectivity index (χ3n) is 4.17. The normalized spacial score (nSPS) is 18.1. The van der Waals surface area contributed by atoms with Gasteiger partial charge in [-0.2, -0.15) is 5.26 Å². The number of aromatic nitrogens is 1. The molecule has 0 radical (unpaired) electrons. The fourth-order valence-corrected chi connectivity index (χ4v) is 2.62. The second-order valence-corrected chi connectivity index (χ2v) is 4.89. The molecule has 3 heteroatoms. The maximum absolute atomic E-state index is 8.73. The molecule has 2 rings (SSSR count). The first-order chi connectivity index (χ1) is 8.23. The molecule has 0 N–H and O–H groups in total. The average Bonchev–Trinajstić information content (AvgIpc) is 2.84. The van der Waals surface area contributed by atoms with E-state index in [0.29, 0.717) is 11.1 Å². The molecule has 1 fully saturated rings. The fraction of sp³-hybridized carbons (Fsp3) is 0.571. The smallest absolute Gasteiger partial charge is 0.140 e. The average molecular weight is 229 g/mol. The first-order valence-corrected chi connectivity index (χ1v) is 6.34.